The molecule has 156 valence electrons. The summed E-state index contributed by atoms with van der Waals surface area (Å²) in [5.41, 5.74) is 1.88. The second kappa shape index (κ2) is 8.79. The Bertz CT molecular complexity index is 951. The SMILES string of the molecule is CCCCN(C(=O)c1ccc2c(c1)C(=O)N(CC1CCCO1)C2=O)c1ccccc1. The van der Waals surface area contributed by atoms with Crippen LogP contribution < -0.4 is 4.90 Å². The zero-order valence-electron chi connectivity index (χ0n) is 17.2. The number of hydrogen-bond acceptors (Lipinski definition) is 4. The Morgan fingerprint density at radius 2 is 1.87 bits per heavy atom. The molecule has 2 aromatic carbocycles. The summed E-state index contributed by atoms with van der Waals surface area (Å²) in [6.07, 6.45) is 3.53. The lowest BCUT2D eigenvalue weighted by atomic mass is 10.0. The highest BCUT2D eigenvalue weighted by Gasteiger charge is 2.38. The fraction of sp³-hybridized carbons (Fsp3) is 0.375. The monoisotopic (exact) mass is 406 g/mol. The van der Waals surface area contributed by atoms with Crippen molar-refractivity contribution in [2.45, 2.75) is 38.7 Å². The summed E-state index contributed by atoms with van der Waals surface area (Å²) in [7, 11) is 0. The molecule has 1 saturated heterocycles. The van der Waals surface area contributed by atoms with Crippen LogP contribution in [0.5, 0.6) is 0 Å². The van der Waals surface area contributed by atoms with E-state index >= 15 is 0 Å². The van der Waals surface area contributed by atoms with Crippen molar-refractivity contribution >= 4 is 23.4 Å². The molecule has 6 nitrogen and oxygen atoms in total. The average Bonchev–Trinajstić information content (AvgIpc) is 3.37. The van der Waals surface area contributed by atoms with E-state index in [0.29, 0.717) is 29.8 Å². The second-order valence-corrected chi connectivity index (χ2v) is 7.76. The summed E-state index contributed by atoms with van der Waals surface area (Å²) in [4.78, 5) is 41.9. The van der Waals surface area contributed by atoms with Gasteiger partial charge in [-0.15, -0.1) is 0 Å². The van der Waals surface area contributed by atoms with Crippen molar-refractivity contribution < 1.29 is 19.1 Å². The lowest BCUT2D eigenvalue weighted by Gasteiger charge is -2.23. The van der Waals surface area contributed by atoms with Gasteiger partial charge in [0.2, 0.25) is 0 Å². The number of rotatable bonds is 7. The van der Waals surface area contributed by atoms with Crippen molar-refractivity contribution in [2.75, 3.05) is 24.6 Å². The fourth-order valence-electron chi connectivity index (χ4n) is 4.01. The van der Waals surface area contributed by atoms with Gasteiger partial charge in [0.15, 0.2) is 0 Å². The average molecular weight is 406 g/mol. The maximum Gasteiger partial charge on any atom is 0.261 e. The minimum atomic E-state index is -0.347. The van der Waals surface area contributed by atoms with Crippen molar-refractivity contribution in [3.8, 4) is 0 Å². The highest BCUT2D eigenvalue weighted by atomic mass is 16.5. The van der Waals surface area contributed by atoms with Gasteiger partial charge in [0.05, 0.1) is 23.8 Å². The first-order chi connectivity index (χ1) is 14.6. The number of hydrogen-bond donors (Lipinski definition) is 0. The quantitative estimate of drug-likeness (QED) is 0.654. The van der Waals surface area contributed by atoms with Crippen LogP contribution >= 0.6 is 0 Å². The van der Waals surface area contributed by atoms with Crippen molar-refractivity contribution in [1.82, 2.24) is 4.90 Å². The third kappa shape index (κ3) is 3.87. The summed E-state index contributed by atoms with van der Waals surface area (Å²) < 4.78 is 5.58. The topological polar surface area (TPSA) is 66.9 Å². The summed E-state index contributed by atoms with van der Waals surface area (Å²) in [6, 6.07) is 14.3. The molecule has 0 N–H and O–H groups in total. The summed E-state index contributed by atoms with van der Waals surface area (Å²) in [5, 5.41) is 0. The molecular weight excluding hydrogens is 380 g/mol. The molecule has 30 heavy (non-hydrogen) atoms. The van der Waals surface area contributed by atoms with E-state index in [1.165, 1.54) is 4.90 Å². The van der Waals surface area contributed by atoms with E-state index in [-0.39, 0.29) is 30.4 Å². The zero-order chi connectivity index (χ0) is 21.1. The predicted octanol–water partition coefficient (Wildman–Crippen LogP) is 3.91. The highest BCUT2D eigenvalue weighted by molar-refractivity contribution is 6.22. The number of para-hydroxylation sites is 1. The normalized spacial score (nSPS) is 18.0. The molecule has 0 spiro atoms. The molecule has 1 atom stereocenters. The van der Waals surface area contributed by atoms with Crippen LogP contribution in [0.2, 0.25) is 0 Å². The van der Waals surface area contributed by atoms with Crippen LogP contribution in [0.25, 0.3) is 0 Å². The Hall–Kier alpha value is -2.99. The van der Waals surface area contributed by atoms with E-state index in [0.717, 1.165) is 31.4 Å². The number of nitrogens with zero attached hydrogens (tertiary/aromatic N) is 2. The van der Waals surface area contributed by atoms with Gasteiger partial charge in [-0.3, -0.25) is 19.3 Å². The van der Waals surface area contributed by atoms with Gasteiger partial charge in [-0.25, -0.2) is 0 Å². The van der Waals surface area contributed by atoms with E-state index in [1.54, 1.807) is 23.1 Å². The molecule has 0 bridgehead atoms. The zero-order valence-corrected chi connectivity index (χ0v) is 17.2. The third-order valence-corrected chi connectivity index (χ3v) is 5.68. The summed E-state index contributed by atoms with van der Waals surface area (Å²) in [6.45, 7) is 3.60. The van der Waals surface area contributed by atoms with Gasteiger partial charge < -0.3 is 9.64 Å². The maximum atomic E-state index is 13.3. The lowest BCUT2D eigenvalue weighted by molar-refractivity contribution is 0.0475. The van der Waals surface area contributed by atoms with Crippen molar-refractivity contribution in [2.24, 2.45) is 0 Å². The van der Waals surface area contributed by atoms with E-state index in [9.17, 15) is 14.4 Å². The summed E-state index contributed by atoms with van der Waals surface area (Å²) in [5.74, 6) is -0.828. The molecular formula is C24H26N2O4. The van der Waals surface area contributed by atoms with E-state index in [2.05, 4.69) is 6.92 Å². The standard InChI is InChI=1S/C24H26N2O4/c1-2-3-13-25(18-8-5-4-6-9-18)22(27)17-11-12-20-21(15-17)24(29)26(23(20)28)16-19-10-7-14-30-19/h4-6,8-9,11-12,15,19H,2-3,7,10,13-14,16H2,1H3. The number of benzene rings is 2. The number of ether oxygens (including phenoxy) is 1. The van der Waals surface area contributed by atoms with Crippen molar-refractivity contribution in [1.29, 1.82) is 0 Å². The van der Waals surface area contributed by atoms with Crippen LogP contribution in [0.3, 0.4) is 0 Å². The molecule has 0 aromatic heterocycles. The minimum Gasteiger partial charge on any atom is -0.376 e. The fourth-order valence-corrected chi connectivity index (χ4v) is 4.01. The number of amides is 3. The van der Waals surface area contributed by atoms with Crippen molar-refractivity contribution in [3.05, 3.63) is 65.2 Å². The number of carbonyl (C=O) groups excluding carboxylic acids is 3. The Labute approximate surface area is 176 Å². The smallest absolute Gasteiger partial charge is 0.261 e. The maximum absolute atomic E-state index is 13.3. The van der Waals surface area contributed by atoms with Gasteiger partial charge in [-0.05, 0) is 49.6 Å². The van der Waals surface area contributed by atoms with E-state index < -0.39 is 0 Å². The molecule has 2 heterocycles. The third-order valence-electron chi connectivity index (χ3n) is 5.68. The molecule has 0 aliphatic carbocycles. The Morgan fingerprint density at radius 3 is 2.57 bits per heavy atom. The molecule has 0 radical (unpaired) electrons. The number of imide groups is 1. The van der Waals surface area contributed by atoms with E-state index in [4.69, 9.17) is 4.74 Å². The number of fused-ring (bicyclic) bond motifs is 1. The predicted molar refractivity (Wildman–Crippen MR) is 114 cm³/mol. The molecule has 1 fully saturated rings. The van der Waals surface area contributed by atoms with Crippen LogP contribution in [0, 0.1) is 0 Å². The first kappa shape index (κ1) is 20.3. The van der Waals surface area contributed by atoms with Gasteiger partial charge in [0.1, 0.15) is 0 Å². The molecule has 4 rings (SSSR count). The molecule has 2 aliphatic heterocycles. The van der Waals surface area contributed by atoms with E-state index in [1.807, 2.05) is 30.3 Å². The van der Waals surface area contributed by atoms with Crippen LogP contribution in [0.15, 0.2) is 48.5 Å². The van der Waals surface area contributed by atoms with Crippen LogP contribution in [-0.4, -0.2) is 48.4 Å². The Kier molecular flexibility index (Phi) is 5.95. The minimum absolute atomic E-state index is 0.101. The molecule has 6 heteroatoms. The molecule has 2 aliphatic rings. The van der Waals surface area contributed by atoms with Crippen LogP contribution in [-0.2, 0) is 4.74 Å². The first-order valence-corrected chi connectivity index (χ1v) is 10.6. The van der Waals surface area contributed by atoms with Crippen LogP contribution in [0.1, 0.15) is 63.7 Å². The van der Waals surface area contributed by atoms with Gasteiger partial charge in [0, 0.05) is 24.4 Å². The Morgan fingerprint density at radius 1 is 1.10 bits per heavy atom. The lowest BCUT2D eigenvalue weighted by Crippen LogP contribution is -2.36. The van der Waals surface area contributed by atoms with Gasteiger partial charge in [-0.1, -0.05) is 31.5 Å². The summed E-state index contributed by atoms with van der Waals surface area (Å²) >= 11 is 0. The highest BCUT2D eigenvalue weighted by Crippen LogP contribution is 2.27. The molecule has 2 aromatic rings. The van der Waals surface area contributed by atoms with Crippen molar-refractivity contribution in [3.63, 3.8) is 0 Å². The number of unbranched alkanes of at least 4 members (excludes halogenated alkanes) is 1. The van der Waals surface area contributed by atoms with Gasteiger partial charge in [-0.2, -0.15) is 0 Å². The first-order valence-electron chi connectivity index (χ1n) is 10.6. The number of carbonyl (C=O) groups is 3. The Balaban J connectivity index is 1.59. The molecule has 0 saturated carbocycles. The molecule has 3 amide bonds. The number of anilines is 1. The second-order valence-electron chi connectivity index (χ2n) is 7.76. The molecule has 1 unspecified atom stereocenters. The van der Waals surface area contributed by atoms with Gasteiger partial charge in [0.25, 0.3) is 17.7 Å². The van der Waals surface area contributed by atoms with Crippen LogP contribution in [0.4, 0.5) is 5.69 Å². The van der Waals surface area contributed by atoms with Gasteiger partial charge >= 0.3 is 0 Å². The largest absolute Gasteiger partial charge is 0.376 e.